The van der Waals surface area contributed by atoms with Gasteiger partial charge >= 0.3 is 0 Å². The molecule has 0 amide bonds. The van der Waals surface area contributed by atoms with Crippen LogP contribution in [0.15, 0.2) is 6.07 Å². The van der Waals surface area contributed by atoms with Gasteiger partial charge in [0.25, 0.3) is 0 Å². The van der Waals surface area contributed by atoms with Crippen molar-refractivity contribution in [2.24, 2.45) is 5.92 Å². The van der Waals surface area contributed by atoms with Crippen LogP contribution >= 0.6 is 0 Å². The van der Waals surface area contributed by atoms with Crippen LogP contribution in [0.1, 0.15) is 43.0 Å². The summed E-state index contributed by atoms with van der Waals surface area (Å²) in [5.74, 6) is 1.12. The van der Waals surface area contributed by atoms with E-state index in [0.717, 1.165) is 38.2 Å². The van der Waals surface area contributed by atoms with E-state index in [-0.39, 0.29) is 6.10 Å². The molecule has 1 saturated heterocycles. The van der Waals surface area contributed by atoms with Gasteiger partial charge < -0.3 is 10.0 Å². The zero-order valence-electron chi connectivity index (χ0n) is 12.0. The van der Waals surface area contributed by atoms with Crippen LogP contribution in [0.4, 0.5) is 5.82 Å². The minimum absolute atomic E-state index is 0.289. The van der Waals surface area contributed by atoms with E-state index >= 15 is 0 Å². The van der Waals surface area contributed by atoms with Gasteiger partial charge in [-0.2, -0.15) is 5.26 Å². The van der Waals surface area contributed by atoms with Crippen molar-refractivity contribution in [1.29, 1.82) is 5.26 Å². The quantitative estimate of drug-likeness (QED) is 0.894. The maximum absolute atomic E-state index is 9.72. The number of aliphatic hydroxyl groups excluding tert-OH is 1. The van der Waals surface area contributed by atoms with Gasteiger partial charge in [0.15, 0.2) is 0 Å². The zero-order chi connectivity index (χ0) is 14.1. The van der Waals surface area contributed by atoms with Crippen LogP contribution in [0.2, 0.25) is 0 Å². The van der Waals surface area contributed by atoms with E-state index in [1.54, 1.807) is 0 Å². The number of hydrogen-bond donors (Lipinski definition) is 1. The lowest BCUT2D eigenvalue weighted by atomic mass is 9.95. The van der Waals surface area contributed by atoms with Crippen LogP contribution in [0.3, 0.4) is 0 Å². The largest absolute Gasteiger partial charge is 0.393 e. The molecule has 2 atom stereocenters. The number of nitrogens with zero attached hydrogens (tertiary/aromatic N) is 3. The number of aliphatic hydroxyl groups is 1. The van der Waals surface area contributed by atoms with Gasteiger partial charge in [0, 0.05) is 24.7 Å². The zero-order valence-corrected chi connectivity index (χ0v) is 12.0. The maximum atomic E-state index is 9.72. The Labute approximate surface area is 120 Å². The highest BCUT2D eigenvalue weighted by Crippen LogP contribution is 2.30. The maximum Gasteiger partial charge on any atom is 0.146 e. The van der Waals surface area contributed by atoms with Crippen molar-refractivity contribution in [1.82, 2.24) is 4.98 Å². The number of hydrogen-bond acceptors (Lipinski definition) is 4. The van der Waals surface area contributed by atoms with E-state index in [1.165, 1.54) is 24.1 Å². The first-order valence-corrected chi connectivity index (χ1v) is 7.55. The van der Waals surface area contributed by atoms with Crippen LogP contribution in [-0.2, 0) is 12.8 Å². The summed E-state index contributed by atoms with van der Waals surface area (Å²) in [6.45, 7) is 3.54. The lowest BCUT2D eigenvalue weighted by molar-refractivity contribution is 0.136. The van der Waals surface area contributed by atoms with Crippen molar-refractivity contribution in [2.45, 2.75) is 45.1 Å². The molecule has 0 spiro atoms. The molecule has 1 N–H and O–H groups in total. The second-order valence-corrected chi connectivity index (χ2v) is 6.02. The van der Waals surface area contributed by atoms with Crippen molar-refractivity contribution < 1.29 is 5.11 Å². The Kier molecular flexibility index (Phi) is 3.62. The molecule has 4 nitrogen and oxygen atoms in total. The first kappa shape index (κ1) is 13.4. The van der Waals surface area contributed by atoms with Crippen molar-refractivity contribution in [3.05, 3.63) is 22.9 Å². The van der Waals surface area contributed by atoms with E-state index in [1.807, 2.05) is 13.0 Å². The molecule has 3 rings (SSSR count). The fourth-order valence-corrected chi connectivity index (χ4v) is 3.32. The van der Waals surface area contributed by atoms with Crippen molar-refractivity contribution in [2.75, 3.05) is 18.0 Å². The second-order valence-electron chi connectivity index (χ2n) is 6.02. The minimum atomic E-state index is -0.289. The van der Waals surface area contributed by atoms with E-state index in [9.17, 15) is 10.4 Å². The normalized spacial score (nSPS) is 23.2. The molecule has 1 aromatic heterocycles. The van der Waals surface area contributed by atoms with Gasteiger partial charge in [-0.3, -0.25) is 0 Å². The second kappa shape index (κ2) is 5.41. The van der Waals surface area contributed by atoms with Crippen molar-refractivity contribution in [3.63, 3.8) is 0 Å². The average Bonchev–Trinajstić information content (AvgIpc) is 2.95. The summed E-state index contributed by atoms with van der Waals surface area (Å²) in [5, 5.41) is 19.1. The van der Waals surface area contributed by atoms with Crippen molar-refractivity contribution in [3.8, 4) is 6.07 Å². The lowest BCUT2D eigenvalue weighted by Crippen LogP contribution is -2.26. The Bertz CT molecular complexity index is 547. The Morgan fingerprint density at radius 2 is 2.25 bits per heavy atom. The highest BCUT2D eigenvalue weighted by atomic mass is 16.3. The fourth-order valence-electron chi connectivity index (χ4n) is 3.32. The number of fused-ring (bicyclic) bond motifs is 1. The molecule has 2 aliphatic rings. The van der Waals surface area contributed by atoms with Crippen LogP contribution in [0.5, 0.6) is 0 Å². The fraction of sp³-hybridized carbons (Fsp3) is 0.625. The summed E-state index contributed by atoms with van der Waals surface area (Å²) in [5.41, 5.74) is 3.12. The minimum Gasteiger partial charge on any atom is -0.393 e. The van der Waals surface area contributed by atoms with Crippen LogP contribution in [0, 0.1) is 17.2 Å². The summed E-state index contributed by atoms with van der Waals surface area (Å²) in [7, 11) is 0. The predicted molar refractivity (Wildman–Crippen MR) is 77.6 cm³/mol. The third-order valence-electron chi connectivity index (χ3n) is 4.61. The van der Waals surface area contributed by atoms with E-state index in [0.29, 0.717) is 11.5 Å². The molecule has 1 aliphatic carbocycles. The first-order valence-electron chi connectivity index (χ1n) is 7.55. The number of anilines is 1. The number of rotatable bonds is 2. The molecule has 0 saturated carbocycles. The molecular weight excluding hydrogens is 250 g/mol. The smallest absolute Gasteiger partial charge is 0.146 e. The molecule has 106 valence electrons. The summed E-state index contributed by atoms with van der Waals surface area (Å²) in [6, 6.07) is 4.33. The van der Waals surface area contributed by atoms with E-state index in [4.69, 9.17) is 4.98 Å². The summed E-state index contributed by atoms with van der Waals surface area (Å²) in [4.78, 5) is 6.95. The SMILES string of the molecule is CC(O)C1CCN(c2nc3c(cc2C#N)CCCC3)C1. The summed E-state index contributed by atoms with van der Waals surface area (Å²) < 4.78 is 0. The van der Waals surface area contributed by atoms with Gasteiger partial charge in [0.2, 0.25) is 0 Å². The molecular formula is C16H21N3O. The molecule has 1 aromatic rings. The molecule has 20 heavy (non-hydrogen) atoms. The molecule has 2 unspecified atom stereocenters. The molecule has 0 radical (unpaired) electrons. The Hall–Kier alpha value is -1.60. The third-order valence-corrected chi connectivity index (χ3v) is 4.61. The highest BCUT2D eigenvalue weighted by Gasteiger charge is 2.29. The standard InChI is InChI=1S/C16H21N3O/c1-11(20)13-6-7-19(10-13)16-14(9-17)8-12-4-2-3-5-15(12)18-16/h8,11,13,20H,2-7,10H2,1H3. The van der Waals surface area contributed by atoms with Gasteiger partial charge in [0.05, 0.1) is 11.7 Å². The average molecular weight is 271 g/mol. The number of aryl methyl sites for hydroxylation is 2. The van der Waals surface area contributed by atoms with Crippen LogP contribution in [0.25, 0.3) is 0 Å². The predicted octanol–water partition coefficient (Wildman–Crippen LogP) is 2.04. The van der Waals surface area contributed by atoms with Gasteiger partial charge in [-0.1, -0.05) is 0 Å². The number of nitriles is 1. The Morgan fingerprint density at radius 1 is 1.45 bits per heavy atom. The van der Waals surface area contributed by atoms with Gasteiger partial charge in [-0.25, -0.2) is 4.98 Å². The molecule has 0 bridgehead atoms. The summed E-state index contributed by atoms with van der Waals surface area (Å²) in [6.07, 6.45) is 5.16. The van der Waals surface area contributed by atoms with E-state index < -0.39 is 0 Å². The van der Waals surface area contributed by atoms with E-state index in [2.05, 4.69) is 11.0 Å². The molecule has 1 aliphatic heterocycles. The Balaban J connectivity index is 1.91. The molecule has 1 fully saturated rings. The topological polar surface area (TPSA) is 60.1 Å². The highest BCUT2D eigenvalue weighted by molar-refractivity contribution is 5.57. The Morgan fingerprint density at radius 3 is 2.95 bits per heavy atom. The monoisotopic (exact) mass is 271 g/mol. The summed E-state index contributed by atoms with van der Waals surface area (Å²) >= 11 is 0. The van der Waals surface area contributed by atoms with Gasteiger partial charge in [0.1, 0.15) is 11.9 Å². The van der Waals surface area contributed by atoms with Crippen LogP contribution in [-0.4, -0.2) is 29.3 Å². The molecule has 2 heterocycles. The first-order chi connectivity index (χ1) is 9.69. The lowest BCUT2D eigenvalue weighted by Gasteiger charge is -2.23. The molecule has 0 aromatic carbocycles. The van der Waals surface area contributed by atoms with Gasteiger partial charge in [-0.15, -0.1) is 0 Å². The molecule has 4 heteroatoms. The third kappa shape index (κ3) is 2.38. The van der Waals surface area contributed by atoms with Gasteiger partial charge in [-0.05, 0) is 50.7 Å². The number of aromatic nitrogens is 1. The number of pyridine rings is 1. The van der Waals surface area contributed by atoms with Crippen LogP contribution < -0.4 is 4.90 Å². The van der Waals surface area contributed by atoms with Crippen molar-refractivity contribution >= 4 is 5.82 Å².